The molecule has 272 valence electrons. The van der Waals surface area contributed by atoms with Gasteiger partial charge in [0.05, 0.1) is 35.9 Å². The third-order valence-corrected chi connectivity index (χ3v) is 10.8. The average Bonchev–Trinajstić information content (AvgIpc) is 4.06. The highest BCUT2D eigenvalue weighted by molar-refractivity contribution is 5.79. The van der Waals surface area contributed by atoms with Crippen LogP contribution < -0.4 is 0 Å². The average molecular weight is 715 g/mol. The van der Waals surface area contributed by atoms with Crippen LogP contribution in [0.2, 0.25) is 0 Å². The minimum absolute atomic E-state index is 0.0199. The number of amides is 2. The Morgan fingerprint density at radius 1 is 0.556 bits per heavy atom. The van der Waals surface area contributed by atoms with E-state index in [1.165, 1.54) is 11.1 Å². The molecular formula is C46H46N6O2. The van der Waals surface area contributed by atoms with Crippen molar-refractivity contribution in [3.05, 3.63) is 157 Å². The highest BCUT2D eigenvalue weighted by Gasteiger charge is 2.33. The monoisotopic (exact) mass is 714 g/mol. The van der Waals surface area contributed by atoms with Gasteiger partial charge in [-0.2, -0.15) is 0 Å². The lowest BCUT2D eigenvalue weighted by Gasteiger charge is -2.23. The Kier molecular flexibility index (Phi) is 10.8. The van der Waals surface area contributed by atoms with E-state index in [4.69, 9.17) is 9.97 Å². The minimum Gasteiger partial charge on any atom is -0.340 e. The molecule has 2 radical (unpaired) electrons. The molecule has 0 bridgehead atoms. The Morgan fingerprint density at radius 3 is 1.35 bits per heavy atom. The van der Waals surface area contributed by atoms with E-state index in [1.807, 2.05) is 58.6 Å². The first-order valence-electron chi connectivity index (χ1n) is 19.2. The first-order valence-corrected chi connectivity index (χ1v) is 19.2. The molecule has 6 aromatic rings. The number of rotatable bonds is 13. The number of H-pyrrole nitrogens is 2. The third-order valence-electron chi connectivity index (χ3n) is 10.8. The van der Waals surface area contributed by atoms with Crippen molar-refractivity contribution in [2.75, 3.05) is 13.1 Å². The van der Waals surface area contributed by atoms with Crippen LogP contribution in [0.25, 0.3) is 33.6 Å². The van der Waals surface area contributed by atoms with Gasteiger partial charge in [0, 0.05) is 25.9 Å². The largest absolute Gasteiger partial charge is 0.340 e. The molecule has 1 unspecified atom stereocenters. The first kappa shape index (κ1) is 35.3. The highest BCUT2D eigenvalue weighted by Crippen LogP contribution is 2.34. The van der Waals surface area contributed by atoms with Crippen LogP contribution in [0.4, 0.5) is 0 Å². The minimum atomic E-state index is -0.0199. The number of aromatic amines is 2. The molecule has 4 aromatic carbocycles. The number of imidazole rings is 2. The number of benzene rings is 4. The fourth-order valence-corrected chi connectivity index (χ4v) is 7.88. The lowest BCUT2D eigenvalue weighted by atomic mass is 10.0. The molecule has 8 heteroatoms. The normalized spacial score (nSPS) is 17.0. The number of aromatic nitrogens is 4. The number of carbonyl (C=O) groups is 2. The summed E-state index contributed by atoms with van der Waals surface area (Å²) in [5.41, 5.74) is 8.69. The van der Waals surface area contributed by atoms with Crippen molar-refractivity contribution in [1.29, 1.82) is 0 Å². The van der Waals surface area contributed by atoms with Crippen molar-refractivity contribution in [2.45, 2.75) is 63.5 Å². The molecular weight excluding hydrogens is 669 g/mol. The molecule has 0 spiro atoms. The van der Waals surface area contributed by atoms with Gasteiger partial charge >= 0.3 is 0 Å². The second-order valence-electron chi connectivity index (χ2n) is 14.4. The van der Waals surface area contributed by atoms with Crippen molar-refractivity contribution >= 4 is 11.8 Å². The Balaban J connectivity index is 0.859. The van der Waals surface area contributed by atoms with Gasteiger partial charge in [-0.15, -0.1) is 0 Å². The van der Waals surface area contributed by atoms with Crippen LogP contribution in [0.15, 0.2) is 122 Å². The lowest BCUT2D eigenvalue weighted by Crippen LogP contribution is -2.31. The first-order chi connectivity index (χ1) is 26.6. The Bertz CT molecular complexity index is 1980. The van der Waals surface area contributed by atoms with Crippen molar-refractivity contribution in [3.63, 3.8) is 0 Å². The van der Waals surface area contributed by atoms with Gasteiger partial charge in [0.2, 0.25) is 11.8 Å². The Labute approximate surface area is 317 Å². The van der Waals surface area contributed by atoms with E-state index in [0.717, 1.165) is 96.9 Å². The summed E-state index contributed by atoms with van der Waals surface area (Å²) >= 11 is 0. The molecule has 0 aliphatic carbocycles. The topological polar surface area (TPSA) is 98.0 Å². The number of nitrogens with one attached hydrogen (secondary N) is 2. The van der Waals surface area contributed by atoms with Gasteiger partial charge in [-0.1, -0.05) is 109 Å². The van der Waals surface area contributed by atoms with Crippen LogP contribution in [0.5, 0.6) is 0 Å². The van der Waals surface area contributed by atoms with Gasteiger partial charge in [-0.3, -0.25) is 9.59 Å². The molecule has 2 amide bonds. The number of nitrogens with zero attached hydrogens (tertiary/aromatic N) is 4. The van der Waals surface area contributed by atoms with Crippen LogP contribution in [0, 0.1) is 12.8 Å². The second-order valence-corrected chi connectivity index (χ2v) is 14.4. The third kappa shape index (κ3) is 8.08. The predicted octanol–water partition coefficient (Wildman–Crippen LogP) is 9.13. The van der Waals surface area contributed by atoms with Crippen molar-refractivity contribution in [2.24, 2.45) is 0 Å². The smallest absolute Gasteiger partial charge is 0.223 e. The summed E-state index contributed by atoms with van der Waals surface area (Å²) < 4.78 is 0. The van der Waals surface area contributed by atoms with Gasteiger partial charge in [-0.25, -0.2) is 9.97 Å². The zero-order valence-corrected chi connectivity index (χ0v) is 30.5. The molecule has 2 fully saturated rings. The van der Waals surface area contributed by atoms with E-state index in [2.05, 4.69) is 95.6 Å². The summed E-state index contributed by atoms with van der Waals surface area (Å²) in [6.07, 6.45) is 14.2. The SMILES string of the molecule is O=C(C[CH]Cc1ccccc1)N1CCCC1c1ncc(-c2ccc(-c3ccc(-c4cnc([C@@H]5CCCN5C(=O)C[CH]Cc5ccccc5)[nH]4)cc3)cc2)[nH]1. The van der Waals surface area contributed by atoms with Crippen molar-refractivity contribution in [1.82, 2.24) is 29.7 Å². The van der Waals surface area contributed by atoms with E-state index in [-0.39, 0.29) is 23.9 Å². The number of hydrogen-bond donors (Lipinski definition) is 2. The molecule has 2 saturated heterocycles. The van der Waals surface area contributed by atoms with E-state index in [1.54, 1.807) is 0 Å². The van der Waals surface area contributed by atoms with Crippen LogP contribution in [0.1, 0.15) is 73.4 Å². The summed E-state index contributed by atoms with van der Waals surface area (Å²) in [7, 11) is 0. The van der Waals surface area contributed by atoms with Gasteiger partial charge in [0.1, 0.15) is 11.6 Å². The summed E-state index contributed by atoms with van der Waals surface area (Å²) in [4.78, 5) is 46.8. The van der Waals surface area contributed by atoms with E-state index >= 15 is 0 Å². The van der Waals surface area contributed by atoms with Crippen LogP contribution in [-0.2, 0) is 22.4 Å². The molecule has 4 heterocycles. The fraction of sp³-hybridized carbons (Fsp3) is 0.261. The maximum Gasteiger partial charge on any atom is 0.223 e. The summed E-state index contributed by atoms with van der Waals surface area (Å²) in [6, 6.07) is 37.5. The molecule has 2 aliphatic heterocycles. The fourth-order valence-electron chi connectivity index (χ4n) is 7.88. The molecule has 0 saturated carbocycles. The maximum absolute atomic E-state index is 13.2. The van der Waals surface area contributed by atoms with Gasteiger partial charge in [-0.05, 0) is 84.7 Å². The molecule has 2 aromatic heterocycles. The van der Waals surface area contributed by atoms with Gasteiger partial charge in [0.25, 0.3) is 0 Å². The molecule has 8 rings (SSSR count). The summed E-state index contributed by atoms with van der Waals surface area (Å²) in [5, 5.41) is 0. The molecule has 8 nitrogen and oxygen atoms in total. The Hall–Kier alpha value is -5.76. The zero-order valence-electron chi connectivity index (χ0n) is 30.5. The second kappa shape index (κ2) is 16.5. The van der Waals surface area contributed by atoms with Gasteiger partial charge in [0.15, 0.2) is 0 Å². The number of hydrogen-bond acceptors (Lipinski definition) is 4. The summed E-state index contributed by atoms with van der Waals surface area (Å²) in [5.74, 6) is 2.02. The standard InChI is InChI=1S/C46H46N6O2/c53-43(19-7-15-33-11-3-1-4-12-33)51-29-9-17-41(51)45-47-31-39(49-45)37-25-21-35(22-26-37)36-23-27-38(28-24-36)40-32-48-46(50-40)42-18-10-30-52(42)44(54)20-8-16-34-13-5-2-6-14-34/h1-8,11-14,21-28,31-32,41-42H,9-10,15-20,29-30H2,(H,47,49)(H,48,50)/t41-,42?/m0/s1. The zero-order chi connectivity index (χ0) is 36.7. The molecule has 2 N–H and O–H groups in total. The van der Waals surface area contributed by atoms with Crippen molar-refractivity contribution in [3.8, 4) is 33.6 Å². The summed E-state index contributed by atoms with van der Waals surface area (Å²) in [6.45, 7) is 1.53. The number of likely N-dealkylation sites (tertiary alicyclic amines) is 2. The van der Waals surface area contributed by atoms with Gasteiger partial charge < -0.3 is 19.8 Å². The van der Waals surface area contributed by atoms with E-state index < -0.39 is 0 Å². The van der Waals surface area contributed by atoms with Crippen LogP contribution in [0.3, 0.4) is 0 Å². The van der Waals surface area contributed by atoms with E-state index in [0.29, 0.717) is 12.8 Å². The van der Waals surface area contributed by atoms with Crippen LogP contribution in [-0.4, -0.2) is 54.6 Å². The maximum atomic E-state index is 13.2. The predicted molar refractivity (Wildman–Crippen MR) is 213 cm³/mol. The quantitative estimate of drug-likeness (QED) is 0.125. The van der Waals surface area contributed by atoms with Crippen LogP contribution >= 0.6 is 0 Å². The van der Waals surface area contributed by atoms with Crippen molar-refractivity contribution < 1.29 is 9.59 Å². The lowest BCUT2D eigenvalue weighted by molar-refractivity contribution is -0.132. The highest BCUT2D eigenvalue weighted by atomic mass is 16.2. The van der Waals surface area contributed by atoms with E-state index in [9.17, 15) is 9.59 Å². The number of carbonyl (C=O) groups excluding carboxylic acids is 2. The molecule has 2 atom stereocenters. The molecule has 2 aliphatic rings. The molecule has 54 heavy (non-hydrogen) atoms. The Morgan fingerprint density at radius 2 is 0.944 bits per heavy atom.